The minimum atomic E-state index is -0.599. The van der Waals surface area contributed by atoms with Gasteiger partial charge >= 0.3 is 0 Å². The molecule has 3 aliphatic rings. The van der Waals surface area contributed by atoms with E-state index >= 15 is 0 Å². The Morgan fingerprint density at radius 3 is 1.88 bits per heavy atom. The zero-order valence-corrected chi connectivity index (χ0v) is 21.0. The highest BCUT2D eigenvalue weighted by Crippen LogP contribution is 2.54. The molecule has 3 aromatic carbocycles. The van der Waals surface area contributed by atoms with Crippen LogP contribution in [-0.4, -0.2) is 12.9 Å². The summed E-state index contributed by atoms with van der Waals surface area (Å²) in [6.07, 6.45) is 8.76. The SMILES string of the molecule is Cc1cc(OCOC2C3CCC4CCC2CC4C3)ccc1[SH](c1ccccc1)c1ccccc1. The van der Waals surface area contributed by atoms with Crippen molar-refractivity contribution in [2.75, 3.05) is 6.79 Å². The summed E-state index contributed by atoms with van der Waals surface area (Å²) in [6.45, 7) is 2.59. The third kappa shape index (κ3) is 4.41. The predicted molar refractivity (Wildman–Crippen MR) is 140 cm³/mol. The van der Waals surface area contributed by atoms with Crippen LogP contribution >= 0.6 is 10.9 Å². The second-order valence-corrected chi connectivity index (χ2v) is 12.7. The molecule has 0 amide bonds. The van der Waals surface area contributed by atoms with E-state index in [0.717, 1.165) is 29.4 Å². The monoisotopic (exact) mass is 472 g/mol. The fourth-order valence-electron chi connectivity index (χ4n) is 6.95. The van der Waals surface area contributed by atoms with Crippen LogP contribution in [0.15, 0.2) is 93.5 Å². The maximum absolute atomic E-state index is 6.44. The van der Waals surface area contributed by atoms with E-state index in [-0.39, 0.29) is 0 Å². The molecular weight excluding hydrogens is 436 g/mol. The summed E-state index contributed by atoms with van der Waals surface area (Å²) in [5.41, 5.74) is 1.28. The van der Waals surface area contributed by atoms with Gasteiger partial charge in [-0.3, -0.25) is 0 Å². The smallest absolute Gasteiger partial charge is 0.189 e. The van der Waals surface area contributed by atoms with Gasteiger partial charge < -0.3 is 9.47 Å². The second kappa shape index (κ2) is 9.79. The van der Waals surface area contributed by atoms with E-state index in [1.54, 1.807) is 0 Å². The summed E-state index contributed by atoms with van der Waals surface area (Å²) >= 11 is 0. The van der Waals surface area contributed by atoms with Crippen molar-refractivity contribution in [3.8, 4) is 5.75 Å². The van der Waals surface area contributed by atoms with E-state index in [0.29, 0.717) is 12.9 Å². The van der Waals surface area contributed by atoms with E-state index in [9.17, 15) is 0 Å². The van der Waals surface area contributed by atoms with E-state index in [1.807, 2.05) is 0 Å². The molecule has 2 atom stereocenters. The van der Waals surface area contributed by atoms with Gasteiger partial charge in [0.2, 0.25) is 0 Å². The van der Waals surface area contributed by atoms with Crippen LogP contribution in [0, 0.1) is 30.6 Å². The molecule has 178 valence electrons. The third-order valence-electron chi connectivity index (χ3n) is 8.55. The molecule has 3 aromatic rings. The van der Waals surface area contributed by atoms with Gasteiger partial charge in [0.15, 0.2) is 6.79 Å². The Kier molecular flexibility index (Phi) is 6.41. The largest absolute Gasteiger partial charge is 0.468 e. The van der Waals surface area contributed by atoms with Crippen molar-refractivity contribution in [1.29, 1.82) is 0 Å². The quantitative estimate of drug-likeness (QED) is 0.277. The Morgan fingerprint density at radius 2 is 1.29 bits per heavy atom. The number of fused-ring (bicyclic) bond motifs is 2. The van der Waals surface area contributed by atoms with Crippen molar-refractivity contribution < 1.29 is 9.47 Å². The van der Waals surface area contributed by atoms with Gasteiger partial charge in [-0.15, -0.1) is 0 Å². The zero-order chi connectivity index (χ0) is 22.9. The highest BCUT2D eigenvalue weighted by molar-refractivity contribution is 8.17. The zero-order valence-electron chi connectivity index (χ0n) is 20.1. The Labute approximate surface area is 207 Å². The molecule has 0 N–H and O–H groups in total. The molecule has 0 aliphatic heterocycles. The molecule has 0 aromatic heterocycles. The van der Waals surface area contributed by atoms with Crippen LogP contribution in [0.5, 0.6) is 5.75 Å². The number of hydrogen-bond acceptors (Lipinski definition) is 2. The van der Waals surface area contributed by atoms with Crippen LogP contribution in [0.3, 0.4) is 0 Å². The van der Waals surface area contributed by atoms with Gasteiger partial charge in [-0.1, -0.05) is 36.4 Å². The van der Waals surface area contributed by atoms with Gasteiger partial charge in [0.25, 0.3) is 0 Å². The standard InChI is InChI=1S/C31H36O2S/c1-22-18-27(32-21-33-31-24-14-12-23-13-15-25(31)20-26(23)19-24)16-17-30(22)34(28-8-4-2-5-9-28)29-10-6-3-7-11-29/h2-11,16-18,23-26,31,34H,12-15,19-21H2,1H3. The number of hydrogen-bond donors (Lipinski definition) is 1. The fraction of sp³-hybridized carbons (Fsp3) is 0.419. The summed E-state index contributed by atoms with van der Waals surface area (Å²) < 4.78 is 12.6. The molecule has 0 heterocycles. The van der Waals surface area contributed by atoms with Crippen molar-refractivity contribution in [3.63, 3.8) is 0 Å². The van der Waals surface area contributed by atoms with E-state index in [1.165, 1.54) is 58.8 Å². The van der Waals surface area contributed by atoms with E-state index in [4.69, 9.17) is 9.47 Å². The average Bonchev–Trinajstić information content (AvgIpc) is 2.88. The fourth-order valence-corrected chi connectivity index (χ4v) is 9.39. The van der Waals surface area contributed by atoms with Crippen molar-refractivity contribution in [3.05, 3.63) is 84.4 Å². The topological polar surface area (TPSA) is 18.5 Å². The highest BCUT2D eigenvalue weighted by Gasteiger charge is 2.47. The Morgan fingerprint density at radius 1 is 0.706 bits per heavy atom. The molecule has 3 bridgehead atoms. The van der Waals surface area contributed by atoms with E-state index in [2.05, 4.69) is 85.8 Å². The first-order valence-electron chi connectivity index (χ1n) is 13.0. The Hall–Kier alpha value is -2.23. The molecule has 3 aliphatic carbocycles. The lowest BCUT2D eigenvalue weighted by molar-refractivity contribution is -0.142. The van der Waals surface area contributed by atoms with Crippen LogP contribution in [0.25, 0.3) is 0 Å². The van der Waals surface area contributed by atoms with Gasteiger partial charge in [0.05, 0.1) is 6.10 Å². The number of benzene rings is 3. The van der Waals surface area contributed by atoms with Crippen molar-refractivity contribution in [2.45, 2.75) is 66.2 Å². The highest BCUT2D eigenvalue weighted by atomic mass is 32.2. The molecule has 2 nitrogen and oxygen atoms in total. The maximum atomic E-state index is 6.44. The van der Waals surface area contributed by atoms with Crippen LogP contribution in [0.1, 0.15) is 44.1 Å². The molecule has 0 spiro atoms. The Balaban J connectivity index is 1.16. The van der Waals surface area contributed by atoms with Crippen LogP contribution in [0.2, 0.25) is 0 Å². The number of thiol groups is 1. The van der Waals surface area contributed by atoms with Crippen molar-refractivity contribution in [2.24, 2.45) is 23.7 Å². The van der Waals surface area contributed by atoms with Gasteiger partial charge in [0, 0.05) is 0 Å². The Bertz CT molecular complexity index is 1040. The average molecular weight is 473 g/mol. The molecule has 0 saturated heterocycles. The summed E-state index contributed by atoms with van der Waals surface area (Å²) in [4.78, 5) is 4.14. The molecule has 3 heteroatoms. The lowest BCUT2D eigenvalue weighted by Crippen LogP contribution is -2.47. The van der Waals surface area contributed by atoms with Crippen molar-refractivity contribution >= 4 is 10.9 Å². The molecule has 0 radical (unpaired) electrons. The second-order valence-electron chi connectivity index (χ2n) is 10.5. The first-order valence-corrected chi connectivity index (χ1v) is 14.4. The van der Waals surface area contributed by atoms with Gasteiger partial charge in [-0.25, -0.2) is 0 Å². The molecule has 3 fully saturated rings. The third-order valence-corrected chi connectivity index (χ3v) is 11.2. The summed E-state index contributed by atoms with van der Waals surface area (Å²) in [6, 6.07) is 28.4. The van der Waals surface area contributed by atoms with Crippen LogP contribution in [0.4, 0.5) is 0 Å². The lowest BCUT2D eigenvalue weighted by Gasteiger charge is -2.52. The molecule has 34 heavy (non-hydrogen) atoms. The molecule has 6 rings (SSSR count). The lowest BCUT2D eigenvalue weighted by atomic mass is 9.56. The van der Waals surface area contributed by atoms with Gasteiger partial charge in [-0.05, 0) is 132 Å². The molecule has 2 unspecified atom stereocenters. The minimum Gasteiger partial charge on any atom is -0.468 e. The van der Waals surface area contributed by atoms with Gasteiger partial charge in [0.1, 0.15) is 5.75 Å². The van der Waals surface area contributed by atoms with Gasteiger partial charge in [-0.2, -0.15) is 10.9 Å². The molecular formula is C31H36O2S. The van der Waals surface area contributed by atoms with Crippen LogP contribution < -0.4 is 4.74 Å². The van der Waals surface area contributed by atoms with Crippen molar-refractivity contribution in [1.82, 2.24) is 0 Å². The summed E-state index contributed by atoms with van der Waals surface area (Å²) in [7, 11) is -0.599. The number of aryl methyl sites for hydroxylation is 1. The normalized spacial score (nSPS) is 27.9. The summed E-state index contributed by atoms with van der Waals surface area (Å²) in [5.74, 6) is 4.43. The van der Waals surface area contributed by atoms with E-state index < -0.39 is 10.9 Å². The molecule has 3 saturated carbocycles. The van der Waals surface area contributed by atoms with Crippen LogP contribution in [-0.2, 0) is 4.74 Å². The first kappa shape index (κ1) is 22.2. The summed E-state index contributed by atoms with van der Waals surface area (Å²) in [5, 5.41) is 0. The number of rotatable bonds is 7. The predicted octanol–water partition coefficient (Wildman–Crippen LogP) is 8.04. The first-order chi connectivity index (χ1) is 16.8. The minimum absolute atomic E-state index is 0.372. The number of ether oxygens (including phenoxy) is 2. The maximum Gasteiger partial charge on any atom is 0.189 e.